The van der Waals surface area contributed by atoms with E-state index in [1.54, 1.807) is 0 Å². The second-order valence-electron chi connectivity index (χ2n) is 6.88. The minimum absolute atomic E-state index is 0.547. The first-order chi connectivity index (χ1) is 14.1. The van der Waals surface area contributed by atoms with E-state index < -0.39 is 0 Å². The fraction of sp³-hybridized carbons (Fsp3) is 0.0800. The molecule has 4 rings (SSSR count). The molecule has 1 aliphatic rings. The monoisotopic (exact) mass is 376 g/mol. The van der Waals surface area contributed by atoms with E-state index in [4.69, 9.17) is 16.4 Å². The molecule has 0 amide bonds. The first kappa shape index (κ1) is 18.4. The Morgan fingerprint density at radius 1 is 0.793 bits per heavy atom. The normalized spacial score (nSPS) is 14.3. The Morgan fingerprint density at radius 2 is 1.41 bits per heavy atom. The molecule has 0 saturated heterocycles. The molecule has 0 aromatic heterocycles. The molecule has 4 heteroatoms. The molecule has 0 bridgehead atoms. The number of nitrogens with one attached hydrogen (secondary N) is 1. The lowest BCUT2D eigenvalue weighted by molar-refractivity contribution is 1.42. The second-order valence-corrected chi connectivity index (χ2v) is 6.88. The molecule has 1 heterocycles. The van der Waals surface area contributed by atoms with Gasteiger partial charge in [0.15, 0.2) is 17.5 Å². The predicted molar refractivity (Wildman–Crippen MR) is 121 cm³/mol. The van der Waals surface area contributed by atoms with E-state index in [0.29, 0.717) is 17.5 Å². The van der Waals surface area contributed by atoms with E-state index in [2.05, 4.69) is 42.2 Å². The Hall–Kier alpha value is -3.97. The van der Waals surface area contributed by atoms with Crippen molar-refractivity contribution in [2.45, 2.75) is 13.8 Å². The topological polar surface area (TPSA) is 49.1 Å². The van der Waals surface area contributed by atoms with Crippen LogP contribution in [0.5, 0.6) is 0 Å². The van der Waals surface area contributed by atoms with Gasteiger partial charge in [0.25, 0.3) is 0 Å². The van der Waals surface area contributed by atoms with Crippen molar-refractivity contribution in [1.82, 2.24) is 0 Å². The van der Waals surface area contributed by atoms with Crippen LogP contribution in [0.4, 0.5) is 11.4 Å². The third-order valence-corrected chi connectivity index (χ3v) is 4.53. The van der Waals surface area contributed by atoms with Gasteiger partial charge in [-0.2, -0.15) is 0 Å². The van der Waals surface area contributed by atoms with Gasteiger partial charge < -0.3 is 5.32 Å². The van der Waals surface area contributed by atoms with Crippen molar-refractivity contribution >= 4 is 28.9 Å². The predicted octanol–water partition coefficient (Wildman–Crippen LogP) is 5.29. The summed E-state index contributed by atoms with van der Waals surface area (Å²) in [5.41, 5.74) is 5.86. The van der Waals surface area contributed by atoms with Crippen LogP contribution >= 0.6 is 0 Å². The number of amidine groups is 3. The summed E-state index contributed by atoms with van der Waals surface area (Å²) in [5, 5.41) is 3.34. The van der Waals surface area contributed by atoms with Gasteiger partial charge in [-0.05, 0) is 62.4 Å². The highest BCUT2D eigenvalue weighted by Gasteiger charge is 2.20. The van der Waals surface area contributed by atoms with Crippen LogP contribution in [-0.2, 0) is 0 Å². The van der Waals surface area contributed by atoms with Crippen LogP contribution in [0.3, 0.4) is 0 Å². The number of aryl methyl sites for hydroxylation is 2. The van der Waals surface area contributed by atoms with Crippen molar-refractivity contribution in [2.24, 2.45) is 15.0 Å². The zero-order valence-electron chi connectivity index (χ0n) is 16.3. The van der Waals surface area contributed by atoms with Gasteiger partial charge in [-0.1, -0.05) is 41.3 Å². The summed E-state index contributed by atoms with van der Waals surface area (Å²) in [4.78, 5) is 14.1. The maximum Gasteiger partial charge on any atom is 0.198 e. The molecule has 0 spiro atoms. The maximum absolute atomic E-state index is 5.45. The Morgan fingerprint density at radius 3 is 2.03 bits per heavy atom. The zero-order chi connectivity index (χ0) is 20.2. The number of anilines is 1. The van der Waals surface area contributed by atoms with Crippen LogP contribution < -0.4 is 5.32 Å². The van der Waals surface area contributed by atoms with E-state index >= 15 is 0 Å². The number of aliphatic imine (C=N–C) groups is 3. The third kappa shape index (κ3) is 4.31. The van der Waals surface area contributed by atoms with E-state index in [0.717, 1.165) is 22.5 Å². The van der Waals surface area contributed by atoms with Crippen molar-refractivity contribution in [1.29, 1.82) is 0 Å². The van der Waals surface area contributed by atoms with Crippen molar-refractivity contribution < 1.29 is 0 Å². The average molecular weight is 376 g/mol. The SMILES string of the molecule is C#Cc1ccc(C2=NC(=Nc3ccc(C)cc3)C(Nc3ccc(C)cc3)=N2)cc1. The smallest absolute Gasteiger partial charge is 0.198 e. The van der Waals surface area contributed by atoms with Crippen LogP contribution in [0.1, 0.15) is 22.3 Å². The van der Waals surface area contributed by atoms with Crippen molar-refractivity contribution in [3.63, 3.8) is 0 Å². The van der Waals surface area contributed by atoms with Crippen LogP contribution in [0, 0.1) is 26.2 Å². The van der Waals surface area contributed by atoms with E-state index in [9.17, 15) is 0 Å². The number of hydrogen-bond acceptors (Lipinski definition) is 3. The lowest BCUT2D eigenvalue weighted by Crippen LogP contribution is -2.18. The molecular formula is C25H20N4. The molecule has 0 atom stereocenters. The fourth-order valence-electron chi connectivity index (χ4n) is 2.86. The lowest BCUT2D eigenvalue weighted by atomic mass is 10.1. The van der Waals surface area contributed by atoms with Crippen molar-refractivity contribution in [3.05, 3.63) is 95.1 Å². The molecule has 140 valence electrons. The lowest BCUT2D eigenvalue weighted by Gasteiger charge is -2.06. The molecule has 3 aromatic carbocycles. The average Bonchev–Trinajstić information content (AvgIpc) is 3.13. The Balaban J connectivity index is 1.71. The first-order valence-corrected chi connectivity index (χ1v) is 9.34. The standard InChI is InChI=1S/C25H20N4/c1-4-19-9-11-20(12-10-19)23-28-24(26-21-13-5-17(2)6-14-21)25(29-23)27-22-15-7-18(3)8-16-22/h1,5-16H,2-3H3,(H,26,27,28,29). The molecule has 0 saturated carbocycles. The van der Waals surface area contributed by atoms with Gasteiger partial charge in [0.1, 0.15) is 0 Å². The minimum atomic E-state index is 0.547. The molecular weight excluding hydrogens is 356 g/mol. The van der Waals surface area contributed by atoms with Gasteiger partial charge in [0.05, 0.1) is 5.69 Å². The zero-order valence-corrected chi connectivity index (χ0v) is 16.3. The maximum atomic E-state index is 5.45. The summed E-state index contributed by atoms with van der Waals surface area (Å²) in [7, 11) is 0. The van der Waals surface area contributed by atoms with Gasteiger partial charge in [0.2, 0.25) is 0 Å². The second kappa shape index (κ2) is 7.95. The number of benzene rings is 3. The van der Waals surface area contributed by atoms with Crippen LogP contribution in [-0.4, -0.2) is 17.5 Å². The summed E-state index contributed by atoms with van der Waals surface area (Å²) < 4.78 is 0. The molecule has 0 aliphatic carbocycles. The Bertz CT molecular complexity index is 1160. The molecule has 1 N–H and O–H groups in total. The third-order valence-electron chi connectivity index (χ3n) is 4.53. The molecule has 3 aromatic rings. The summed E-state index contributed by atoms with van der Waals surface area (Å²) in [6, 6.07) is 23.8. The summed E-state index contributed by atoms with van der Waals surface area (Å²) in [6.07, 6.45) is 5.45. The highest BCUT2D eigenvalue weighted by Crippen LogP contribution is 2.19. The molecule has 0 radical (unpaired) electrons. The van der Waals surface area contributed by atoms with Crippen LogP contribution in [0.25, 0.3) is 0 Å². The number of hydrogen-bond donors (Lipinski definition) is 1. The number of nitrogens with zero attached hydrogens (tertiary/aromatic N) is 3. The Kier molecular flexibility index (Phi) is 5.05. The summed E-state index contributed by atoms with van der Waals surface area (Å²) in [5.74, 6) is 4.39. The van der Waals surface area contributed by atoms with E-state index in [1.807, 2.05) is 60.7 Å². The molecule has 29 heavy (non-hydrogen) atoms. The van der Waals surface area contributed by atoms with E-state index in [-0.39, 0.29) is 0 Å². The summed E-state index contributed by atoms with van der Waals surface area (Å²) >= 11 is 0. The van der Waals surface area contributed by atoms with Crippen LogP contribution in [0.2, 0.25) is 0 Å². The molecule has 0 unspecified atom stereocenters. The van der Waals surface area contributed by atoms with Crippen molar-refractivity contribution in [2.75, 3.05) is 5.32 Å². The van der Waals surface area contributed by atoms with E-state index in [1.165, 1.54) is 11.1 Å². The molecule has 4 nitrogen and oxygen atoms in total. The Labute approximate surface area is 170 Å². The summed E-state index contributed by atoms with van der Waals surface area (Å²) in [6.45, 7) is 4.11. The van der Waals surface area contributed by atoms with Crippen molar-refractivity contribution in [3.8, 4) is 12.3 Å². The highest BCUT2D eigenvalue weighted by molar-refractivity contribution is 6.51. The van der Waals surface area contributed by atoms with Gasteiger partial charge in [-0.25, -0.2) is 15.0 Å². The van der Waals surface area contributed by atoms with Gasteiger partial charge >= 0.3 is 0 Å². The van der Waals surface area contributed by atoms with Crippen LogP contribution in [0.15, 0.2) is 87.8 Å². The molecule has 0 fully saturated rings. The molecule has 1 aliphatic heterocycles. The largest absolute Gasteiger partial charge is 0.337 e. The number of terminal acetylenes is 1. The quantitative estimate of drug-likeness (QED) is 0.621. The minimum Gasteiger partial charge on any atom is -0.337 e. The highest BCUT2D eigenvalue weighted by atomic mass is 15.2. The van der Waals surface area contributed by atoms with Gasteiger partial charge in [0, 0.05) is 16.8 Å². The van der Waals surface area contributed by atoms with Gasteiger partial charge in [-0.15, -0.1) is 6.42 Å². The first-order valence-electron chi connectivity index (χ1n) is 9.34. The fourth-order valence-corrected chi connectivity index (χ4v) is 2.86. The van der Waals surface area contributed by atoms with Gasteiger partial charge in [-0.3, -0.25) is 0 Å². The number of rotatable bonds is 3.